The van der Waals surface area contributed by atoms with Crippen molar-refractivity contribution in [2.75, 3.05) is 0 Å². The van der Waals surface area contributed by atoms with Crippen molar-refractivity contribution in [2.45, 2.75) is 53.0 Å². The van der Waals surface area contributed by atoms with Crippen molar-refractivity contribution in [3.63, 3.8) is 0 Å². The number of nitrogens with zero attached hydrogens (tertiary/aromatic N) is 1. The fourth-order valence-electron chi connectivity index (χ4n) is 1.53. The Bertz CT molecular complexity index is 251. The van der Waals surface area contributed by atoms with Crippen LogP contribution in [-0.2, 0) is 6.54 Å². The molecule has 13 heavy (non-hydrogen) atoms. The molecule has 0 aliphatic heterocycles. The summed E-state index contributed by atoms with van der Waals surface area (Å²) in [4.78, 5) is 3.24. The second-order valence-electron chi connectivity index (χ2n) is 3.74. The molecule has 0 fully saturated rings. The van der Waals surface area contributed by atoms with E-state index >= 15 is 0 Å². The van der Waals surface area contributed by atoms with E-state index in [9.17, 15) is 0 Å². The molecular weight excluding hydrogens is 160 g/mol. The van der Waals surface area contributed by atoms with Crippen LogP contribution in [0, 0.1) is 13.8 Å². The fraction of sp³-hybridized carbons (Fsp3) is 0.727. The molecule has 0 atom stereocenters. The summed E-state index contributed by atoms with van der Waals surface area (Å²) in [6.07, 6.45) is 7.42. The van der Waals surface area contributed by atoms with Crippen LogP contribution in [0.4, 0.5) is 0 Å². The van der Waals surface area contributed by atoms with Gasteiger partial charge in [0, 0.05) is 13.8 Å². The first-order valence-corrected chi connectivity index (χ1v) is 5.29. The molecular formula is C11H21N2+. The lowest BCUT2D eigenvalue weighted by Crippen LogP contribution is -2.34. The molecule has 0 saturated heterocycles. The molecule has 74 valence electrons. The molecule has 0 saturated carbocycles. The SMILES string of the molecule is CCCCCC[n+]1c[nH]c(C)c1C. The quantitative estimate of drug-likeness (QED) is 0.532. The van der Waals surface area contributed by atoms with Crippen LogP contribution in [0.5, 0.6) is 0 Å². The van der Waals surface area contributed by atoms with Crippen molar-refractivity contribution < 1.29 is 4.57 Å². The van der Waals surface area contributed by atoms with E-state index in [0.29, 0.717) is 0 Å². The molecule has 0 bridgehead atoms. The van der Waals surface area contributed by atoms with Crippen LogP contribution in [0.3, 0.4) is 0 Å². The van der Waals surface area contributed by atoms with Crippen molar-refractivity contribution in [1.82, 2.24) is 4.98 Å². The zero-order valence-corrected chi connectivity index (χ0v) is 9.06. The minimum atomic E-state index is 1.16. The topological polar surface area (TPSA) is 19.7 Å². The number of aromatic amines is 1. The zero-order chi connectivity index (χ0) is 9.68. The molecule has 1 heterocycles. The molecule has 0 unspecified atom stereocenters. The molecule has 2 nitrogen and oxygen atoms in total. The molecule has 1 rings (SSSR count). The maximum atomic E-state index is 3.24. The smallest absolute Gasteiger partial charge is 0.241 e. The average Bonchev–Trinajstić information content (AvgIpc) is 2.43. The Balaban J connectivity index is 2.32. The Morgan fingerprint density at radius 1 is 1.23 bits per heavy atom. The van der Waals surface area contributed by atoms with Crippen molar-refractivity contribution in [3.05, 3.63) is 17.7 Å². The Morgan fingerprint density at radius 3 is 2.54 bits per heavy atom. The minimum absolute atomic E-state index is 1.16. The largest absolute Gasteiger partial charge is 0.248 e. The number of H-pyrrole nitrogens is 1. The lowest BCUT2D eigenvalue weighted by atomic mass is 10.2. The van der Waals surface area contributed by atoms with Gasteiger partial charge in [-0.15, -0.1) is 0 Å². The molecule has 0 amide bonds. The summed E-state index contributed by atoms with van der Waals surface area (Å²) in [6, 6.07) is 0. The summed E-state index contributed by atoms with van der Waals surface area (Å²) >= 11 is 0. The van der Waals surface area contributed by atoms with Gasteiger partial charge >= 0.3 is 0 Å². The van der Waals surface area contributed by atoms with Crippen LogP contribution >= 0.6 is 0 Å². The van der Waals surface area contributed by atoms with Crippen LogP contribution in [-0.4, -0.2) is 4.98 Å². The van der Waals surface area contributed by atoms with E-state index < -0.39 is 0 Å². The van der Waals surface area contributed by atoms with Crippen LogP contribution in [0.1, 0.15) is 44.0 Å². The van der Waals surface area contributed by atoms with Crippen LogP contribution in [0.25, 0.3) is 0 Å². The summed E-state index contributed by atoms with van der Waals surface area (Å²) in [7, 11) is 0. The fourth-order valence-corrected chi connectivity index (χ4v) is 1.53. The van der Waals surface area contributed by atoms with Gasteiger partial charge in [0.25, 0.3) is 0 Å². The monoisotopic (exact) mass is 181 g/mol. The van der Waals surface area contributed by atoms with Crippen LogP contribution in [0.2, 0.25) is 0 Å². The van der Waals surface area contributed by atoms with E-state index in [-0.39, 0.29) is 0 Å². The first-order chi connectivity index (χ1) is 6.25. The zero-order valence-electron chi connectivity index (χ0n) is 9.06. The van der Waals surface area contributed by atoms with Gasteiger partial charge in [0.1, 0.15) is 11.4 Å². The highest BCUT2D eigenvalue weighted by Gasteiger charge is 2.07. The highest BCUT2D eigenvalue weighted by Crippen LogP contribution is 2.00. The Labute approximate surface area is 81.0 Å². The number of nitrogens with one attached hydrogen (secondary N) is 1. The molecule has 1 aromatic heterocycles. The number of imidazole rings is 1. The van der Waals surface area contributed by atoms with Crippen molar-refractivity contribution in [3.8, 4) is 0 Å². The number of hydrogen-bond donors (Lipinski definition) is 1. The highest BCUT2D eigenvalue weighted by molar-refractivity contribution is 4.98. The predicted octanol–water partition coefficient (Wildman–Crippen LogP) is 2.50. The van der Waals surface area contributed by atoms with Gasteiger partial charge < -0.3 is 0 Å². The average molecular weight is 181 g/mol. The standard InChI is InChI=1S/C11H20N2/c1-4-5-6-7-8-13-9-12-10(2)11(13)3/h9H,4-8H2,1-3H3/p+1. The highest BCUT2D eigenvalue weighted by atomic mass is 15.0. The number of rotatable bonds is 5. The van der Waals surface area contributed by atoms with Crippen LogP contribution < -0.4 is 4.57 Å². The molecule has 2 heteroatoms. The van der Waals surface area contributed by atoms with E-state index in [2.05, 4.69) is 36.6 Å². The minimum Gasteiger partial charge on any atom is -0.248 e. The van der Waals surface area contributed by atoms with Gasteiger partial charge in [-0.3, -0.25) is 0 Å². The first kappa shape index (κ1) is 10.3. The van der Waals surface area contributed by atoms with E-state index in [1.807, 2.05) is 0 Å². The van der Waals surface area contributed by atoms with Crippen molar-refractivity contribution in [2.24, 2.45) is 0 Å². The summed E-state index contributed by atoms with van der Waals surface area (Å²) in [5.74, 6) is 0. The van der Waals surface area contributed by atoms with E-state index in [4.69, 9.17) is 0 Å². The number of hydrogen-bond acceptors (Lipinski definition) is 0. The lowest BCUT2D eigenvalue weighted by Gasteiger charge is -1.98. The van der Waals surface area contributed by atoms with Gasteiger partial charge in [-0.05, 0) is 12.8 Å². The normalized spacial score (nSPS) is 10.7. The molecule has 0 spiro atoms. The van der Waals surface area contributed by atoms with Crippen molar-refractivity contribution in [1.29, 1.82) is 0 Å². The van der Waals surface area contributed by atoms with Crippen LogP contribution in [0.15, 0.2) is 6.33 Å². The third kappa shape index (κ3) is 2.87. The third-order valence-corrected chi connectivity index (χ3v) is 2.66. The maximum Gasteiger partial charge on any atom is 0.241 e. The molecule has 1 aromatic rings. The summed E-state index contributed by atoms with van der Waals surface area (Å²) in [6.45, 7) is 7.71. The summed E-state index contributed by atoms with van der Waals surface area (Å²) < 4.78 is 2.31. The molecule has 0 aliphatic rings. The lowest BCUT2D eigenvalue weighted by molar-refractivity contribution is -0.701. The van der Waals surface area contributed by atoms with E-state index in [0.717, 1.165) is 6.54 Å². The predicted molar refractivity (Wildman–Crippen MR) is 54.6 cm³/mol. The Hall–Kier alpha value is -0.790. The third-order valence-electron chi connectivity index (χ3n) is 2.66. The van der Waals surface area contributed by atoms with Gasteiger partial charge in [-0.1, -0.05) is 19.8 Å². The van der Waals surface area contributed by atoms with Gasteiger partial charge in [0.05, 0.1) is 6.54 Å². The number of aryl methyl sites for hydroxylation is 2. The second kappa shape index (κ2) is 5.05. The summed E-state index contributed by atoms with van der Waals surface area (Å²) in [5, 5.41) is 0. The molecule has 1 N–H and O–H groups in total. The molecule has 0 aromatic carbocycles. The molecule has 0 radical (unpaired) electrons. The van der Waals surface area contributed by atoms with E-state index in [1.54, 1.807) is 0 Å². The van der Waals surface area contributed by atoms with E-state index in [1.165, 1.54) is 37.1 Å². The second-order valence-corrected chi connectivity index (χ2v) is 3.74. The van der Waals surface area contributed by atoms with Gasteiger partial charge in [-0.25, -0.2) is 9.55 Å². The maximum absolute atomic E-state index is 3.24. The van der Waals surface area contributed by atoms with Gasteiger partial charge in [-0.2, -0.15) is 0 Å². The number of unbranched alkanes of at least 4 members (excludes halogenated alkanes) is 3. The molecule has 0 aliphatic carbocycles. The van der Waals surface area contributed by atoms with Gasteiger partial charge in [0.15, 0.2) is 0 Å². The van der Waals surface area contributed by atoms with Gasteiger partial charge in [0.2, 0.25) is 6.33 Å². The summed E-state index contributed by atoms with van der Waals surface area (Å²) in [5.41, 5.74) is 2.66. The van der Waals surface area contributed by atoms with Crippen molar-refractivity contribution >= 4 is 0 Å². The Morgan fingerprint density at radius 2 is 2.00 bits per heavy atom. The first-order valence-electron chi connectivity index (χ1n) is 5.29. The Kier molecular flexibility index (Phi) is 4.00. The number of aromatic nitrogens is 2.